The van der Waals surface area contributed by atoms with Crippen molar-refractivity contribution in [3.05, 3.63) is 12.1 Å². The zero-order valence-electron chi connectivity index (χ0n) is 15.1. The average Bonchev–Trinajstić information content (AvgIpc) is 3.02. The molecule has 0 bridgehead atoms. The van der Waals surface area contributed by atoms with Crippen LogP contribution in [0, 0.1) is 11.3 Å². The summed E-state index contributed by atoms with van der Waals surface area (Å²) in [4.78, 5) is 9.21. The van der Waals surface area contributed by atoms with Gasteiger partial charge in [-0.2, -0.15) is 4.98 Å². The quantitative estimate of drug-likeness (QED) is 0.870. The number of nitrogens with two attached hydrogens (primary N) is 1. The van der Waals surface area contributed by atoms with Crippen LogP contribution >= 0.6 is 0 Å². The molecule has 1 saturated heterocycles. The molecular weight excluding hydrogens is 332 g/mol. The van der Waals surface area contributed by atoms with Crippen LogP contribution in [-0.4, -0.2) is 42.9 Å². The van der Waals surface area contributed by atoms with Gasteiger partial charge in [0.15, 0.2) is 11.5 Å². The van der Waals surface area contributed by atoms with E-state index in [1.807, 2.05) is 12.1 Å². The second-order valence-corrected chi connectivity index (χ2v) is 7.61. The summed E-state index contributed by atoms with van der Waals surface area (Å²) in [5.74, 6) is 2.84. The van der Waals surface area contributed by atoms with Crippen molar-refractivity contribution >= 4 is 22.7 Å². The standard InChI is InChI=1S/C19H24N4O3/c1-24-13-8-11-12(9-14(13)25-2)21-18(23-17(11)20)22-15-10-4-7-26-16(10)19(15)5-3-6-19/h8-10,15-16H,3-7H2,1-2H3,(H3,20,21,22,23). The summed E-state index contributed by atoms with van der Waals surface area (Å²) in [5.41, 5.74) is 7.23. The molecule has 3 aliphatic rings. The van der Waals surface area contributed by atoms with Crippen molar-refractivity contribution in [3.63, 3.8) is 0 Å². The minimum absolute atomic E-state index is 0.270. The van der Waals surface area contributed by atoms with Crippen LogP contribution in [0.4, 0.5) is 11.8 Å². The first kappa shape index (κ1) is 15.9. The minimum Gasteiger partial charge on any atom is -0.493 e. The summed E-state index contributed by atoms with van der Waals surface area (Å²) in [7, 11) is 3.22. The molecule has 0 amide bonds. The normalized spacial score (nSPS) is 28.3. The third kappa shape index (κ3) is 2.03. The number of rotatable bonds is 4. The van der Waals surface area contributed by atoms with Crippen LogP contribution in [-0.2, 0) is 4.74 Å². The Balaban J connectivity index is 1.49. The highest BCUT2D eigenvalue weighted by Gasteiger charge is 2.66. The van der Waals surface area contributed by atoms with E-state index < -0.39 is 0 Å². The molecular formula is C19H24N4O3. The highest BCUT2D eigenvalue weighted by molar-refractivity contribution is 5.91. The monoisotopic (exact) mass is 356 g/mol. The van der Waals surface area contributed by atoms with Crippen molar-refractivity contribution in [3.8, 4) is 11.5 Å². The number of ether oxygens (including phenoxy) is 3. The van der Waals surface area contributed by atoms with E-state index in [0.29, 0.717) is 41.3 Å². The van der Waals surface area contributed by atoms with E-state index in [9.17, 15) is 0 Å². The minimum atomic E-state index is 0.270. The Kier molecular flexibility index (Phi) is 3.44. The molecule has 3 unspecified atom stereocenters. The van der Waals surface area contributed by atoms with Gasteiger partial charge in [0.25, 0.3) is 0 Å². The lowest BCUT2D eigenvalue weighted by Gasteiger charge is -2.63. The predicted molar refractivity (Wildman–Crippen MR) is 98.6 cm³/mol. The van der Waals surface area contributed by atoms with Crippen LogP contribution in [0.15, 0.2) is 12.1 Å². The summed E-state index contributed by atoms with van der Waals surface area (Å²) >= 11 is 0. The molecule has 3 N–H and O–H groups in total. The largest absolute Gasteiger partial charge is 0.493 e. The second kappa shape index (κ2) is 5.61. The van der Waals surface area contributed by atoms with E-state index in [0.717, 1.165) is 23.9 Å². The second-order valence-electron chi connectivity index (χ2n) is 7.61. The zero-order valence-corrected chi connectivity index (χ0v) is 15.1. The zero-order chi connectivity index (χ0) is 17.9. The third-order valence-electron chi connectivity index (χ3n) is 6.55. The Hall–Kier alpha value is -2.28. The Morgan fingerprint density at radius 1 is 1.19 bits per heavy atom. The molecule has 1 spiro atoms. The van der Waals surface area contributed by atoms with Crippen molar-refractivity contribution < 1.29 is 14.2 Å². The third-order valence-corrected chi connectivity index (χ3v) is 6.55. The van der Waals surface area contributed by atoms with Gasteiger partial charge in [-0.1, -0.05) is 6.42 Å². The maximum atomic E-state index is 6.22. The lowest BCUT2D eigenvalue weighted by Crippen LogP contribution is -2.69. The highest BCUT2D eigenvalue weighted by atomic mass is 16.5. The first-order valence-electron chi connectivity index (χ1n) is 9.23. The molecule has 2 aromatic rings. The molecule has 7 heteroatoms. The van der Waals surface area contributed by atoms with Crippen LogP contribution in [0.3, 0.4) is 0 Å². The fraction of sp³-hybridized carbons (Fsp3) is 0.579. The van der Waals surface area contributed by atoms with Crippen LogP contribution in [0.25, 0.3) is 10.9 Å². The van der Waals surface area contributed by atoms with E-state index in [-0.39, 0.29) is 5.41 Å². The average molecular weight is 356 g/mol. The van der Waals surface area contributed by atoms with E-state index in [2.05, 4.69) is 10.3 Å². The Morgan fingerprint density at radius 3 is 2.65 bits per heavy atom. The number of anilines is 2. The molecule has 2 saturated carbocycles. The number of benzene rings is 1. The molecule has 2 aliphatic carbocycles. The molecule has 7 nitrogen and oxygen atoms in total. The van der Waals surface area contributed by atoms with Crippen molar-refractivity contribution in [2.24, 2.45) is 11.3 Å². The number of hydrogen-bond donors (Lipinski definition) is 2. The highest BCUT2D eigenvalue weighted by Crippen LogP contribution is 2.63. The maximum Gasteiger partial charge on any atom is 0.225 e. The van der Waals surface area contributed by atoms with Gasteiger partial charge >= 0.3 is 0 Å². The van der Waals surface area contributed by atoms with Gasteiger partial charge in [-0.05, 0) is 25.3 Å². The van der Waals surface area contributed by atoms with Gasteiger partial charge in [0.1, 0.15) is 5.82 Å². The van der Waals surface area contributed by atoms with Crippen LogP contribution < -0.4 is 20.5 Å². The van der Waals surface area contributed by atoms with Crippen molar-refractivity contribution in [2.45, 2.75) is 37.8 Å². The number of nitrogens with zero attached hydrogens (tertiary/aromatic N) is 2. The summed E-state index contributed by atoms with van der Waals surface area (Å²) in [6.07, 6.45) is 5.25. The van der Waals surface area contributed by atoms with Crippen molar-refractivity contribution in [1.82, 2.24) is 9.97 Å². The molecule has 0 radical (unpaired) electrons. The fourth-order valence-electron chi connectivity index (χ4n) is 5.14. The van der Waals surface area contributed by atoms with E-state index in [1.165, 1.54) is 19.3 Å². The van der Waals surface area contributed by atoms with Gasteiger partial charge in [-0.25, -0.2) is 4.98 Å². The SMILES string of the molecule is COc1cc2nc(NC3C4CCOC4C34CCC4)nc(N)c2cc1OC. The number of nitrogens with one attached hydrogen (secondary N) is 1. The van der Waals surface area contributed by atoms with Gasteiger partial charge < -0.3 is 25.3 Å². The topological polar surface area (TPSA) is 91.5 Å². The Labute approximate surface area is 152 Å². The Bertz CT molecular complexity index is 867. The molecule has 138 valence electrons. The van der Waals surface area contributed by atoms with Crippen LogP contribution in [0.5, 0.6) is 11.5 Å². The molecule has 1 aliphatic heterocycles. The summed E-state index contributed by atoms with van der Waals surface area (Å²) in [6, 6.07) is 4.05. The molecule has 3 fully saturated rings. The fourth-order valence-corrected chi connectivity index (χ4v) is 5.14. The predicted octanol–water partition coefficient (Wildman–Crippen LogP) is 2.60. The molecule has 2 heterocycles. The molecule has 5 rings (SSSR count). The summed E-state index contributed by atoms with van der Waals surface area (Å²) in [5, 5.41) is 4.35. The first-order valence-corrected chi connectivity index (χ1v) is 9.23. The number of methoxy groups -OCH3 is 2. The van der Waals surface area contributed by atoms with Gasteiger partial charge in [-0.15, -0.1) is 0 Å². The Morgan fingerprint density at radius 2 is 1.96 bits per heavy atom. The van der Waals surface area contributed by atoms with Gasteiger partial charge in [0.05, 0.1) is 25.8 Å². The summed E-state index contributed by atoms with van der Waals surface area (Å²) in [6.45, 7) is 0.868. The van der Waals surface area contributed by atoms with Crippen molar-refractivity contribution in [1.29, 1.82) is 0 Å². The van der Waals surface area contributed by atoms with Crippen LogP contribution in [0.2, 0.25) is 0 Å². The number of aromatic nitrogens is 2. The van der Waals surface area contributed by atoms with E-state index >= 15 is 0 Å². The van der Waals surface area contributed by atoms with Crippen molar-refractivity contribution in [2.75, 3.05) is 31.9 Å². The summed E-state index contributed by atoms with van der Waals surface area (Å²) < 4.78 is 16.7. The smallest absolute Gasteiger partial charge is 0.225 e. The number of fused-ring (bicyclic) bond motifs is 3. The number of hydrogen-bond acceptors (Lipinski definition) is 7. The maximum absolute atomic E-state index is 6.22. The van der Waals surface area contributed by atoms with Gasteiger partial charge in [0.2, 0.25) is 5.95 Å². The first-order chi connectivity index (χ1) is 12.7. The van der Waals surface area contributed by atoms with E-state index in [4.69, 9.17) is 24.9 Å². The molecule has 1 aromatic carbocycles. The number of nitrogen functional groups attached to an aromatic ring is 1. The van der Waals surface area contributed by atoms with Gasteiger partial charge in [0, 0.05) is 35.4 Å². The lowest BCUT2D eigenvalue weighted by atomic mass is 9.46. The van der Waals surface area contributed by atoms with Gasteiger partial charge in [-0.3, -0.25) is 0 Å². The van der Waals surface area contributed by atoms with Crippen LogP contribution in [0.1, 0.15) is 25.7 Å². The molecule has 1 aromatic heterocycles. The molecule has 3 atom stereocenters. The lowest BCUT2D eigenvalue weighted by molar-refractivity contribution is -0.158. The van der Waals surface area contributed by atoms with E-state index in [1.54, 1.807) is 14.2 Å². The molecule has 26 heavy (non-hydrogen) atoms.